The molecule has 1 aliphatic heterocycles. The van der Waals surface area contributed by atoms with E-state index in [-0.39, 0.29) is 17.4 Å². The van der Waals surface area contributed by atoms with E-state index in [0.717, 1.165) is 0 Å². The van der Waals surface area contributed by atoms with Crippen molar-refractivity contribution in [2.45, 2.75) is 45.2 Å². The third kappa shape index (κ3) is 5.77. The Kier molecular flexibility index (Phi) is 5.79. The van der Waals surface area contributed by atoms with Crippen LogP contribution in [0.1, 0.15) is 33.1 Å². The second kappa shape index (κ2) is 6.92. The number of urea groups is 1. The van der Waals surface area contributed by atoms with E-state index >= 15 is 0 Å². The summed E-state index contributed by atoms with van der Waals surface area (Å²) in [6, 6.07) is -2.03. The van der Waals surface area contributed by atoms with Crippen molar-refractivity contribution in [1.82, 2.24) is 10.6 Å². The van der Waals surface area contributed by atoms with Crippen LogP contribution < -0.4 is 10.6 Å². The Morgan fingerprint density at radius 1 is 1.35 bits per heavy atom. The Labute approximate surface area is 119 Å². The normalized spacial score (nSPS) is 23.1. The van der Waals surface area contributed by atoms with Gasteiger partial charge in [0.1, 0.15) is 6.04 Å². The molecule has 1 aliphatic rings. The first-order valence-corrected chi connectivity index (χ1v) is 8.52. The van der Waals surface area contributed by atoms with Gasteiger partial charge in [-0.15, -0.1) is 0 Å². The minimum atomic E-state index is -3.10. The van der Waals surface area contributed by atoms with E-state index in [1.165, 1.54) is 0 Å². The SMILES string of the molecule is CC(C)C[C@H](NC(=O)NC1CCCS(=O)(=O)C1)C(=O)O. The quantitative estimate of drug-likeness (QED) is 0.679. The lowest BCUT2D eigenvalue weighted by Crippen LogP contribution is -2.51. The van der Waals surface area contributed by atoms with Gasteiger partial charge < -0.3 is 15.7 Å². The molecule has 7 nitrogen and oxygen atoms in total. The highest BCUT2D eigenvalue weighted by Crippen LogP contribution is 2.12. The van der Waals surface area contributed by atoms with Gasteiger partial charge in [-0.3, -0.25) is 0 Å². The van der Waals surface area contributed by atoms with E-state index in [2.05, 4.69) is 10.6 Å². The molecule has 1 heterocycles. The highest BCUT2D eigenvalue weighted by molar-refractivity contribution is 7.91. The van der Waals surface area contributed by atoms with E-state index in [4.69, 9.17) is 5.11 Å². The number of carbonyl (C=O) groups excluding carboxylic acids is 1. The maximum atomic E-state index is 11.7. The van der Waals surface area contributed by atoms with Gasteiger partial charge in [0, 0.05) is 6.04 Å². The average Bonchev–Trinajstić information content (AvgIpc) is 2.25. The van der Waals surface area contributed by atoms with Gasteiger partial charge in [-0.05, 0) is 25.2 Å². The Hall–Kier alpha value is -1.31. The molecule has 1 unspecified atom stereocenters. The number of rotatable bonds is 5. The predicted octanol–water partition coefficient (Wildman–Crippen LogP) is 0.362. The molecule has 2 atom stereocenters. The number of aliphatic carboxylic acids is 1. The number of hydrogen-bond donors (Lipinski definition) is 3. The fourth-order valence-corrected chi connectivity index (χ4v) is 3.85. The molecule has 1 saturated heterocycles. The largest absolute Gasteiger partial charge is 0.480 e. The van der Waals surface area contributed by atoms with Crippen LogP contribution in [0.25, 0.3) is 0 Å². The topological polar surface area (TPSA) is 113 Å². The summed E-state index contributed by atoms with van der Waals surface area (Å²) in [5, 5.41) is 13.9. The van der Waals surface area contributed by atoms with Crippen molar-refractivity contribution in [2.24, 2.45) is 5.92 Å². The Balaban J connectivity index is 2.51. The van der Waals surface area contributed by atoms with E-state index in [0.29, 0.717) is 19.3 Å². The molecule has 0 aromatic heterocycles. The maximum absolute atomic E-state index is 11.7. The summed E-state index contributed by atoms with van der Waals surface area (Å²) >= 11 is 0. The Bertz CT molecular complexity index is 460. The first-order valence-electron chi connectivity index (χ1n) is 6.70. The van der Waals surface area contributed by atoms with Crippen LogP contribution in [-0.2, 0) is 14.6 Å². The summed E-state index contributed by atoms with van der Waals surface area (Å²) in [5.41, 5.74) is 0. The van der Waals surface area contributed by atoms with Crippen molar-refractivity contribution in [3.05, 3.63) is 0 Å². The maximum Gasteiger partial charge on any atom is 0.326 e. The van der Waals surface area contributed by atoms with Crippen LogP contribution in [0.2, 0.25) is 0 Å². The molecule has 0 bridgehead atoms. The number of amides is 2. The number of carbonyl (C=O) groups is 2. The van der Waals surface area contributed by atoms with Crippen LogP contribution in [0.4, 0.5) is 4.79 Å². The standard InChI is InChI=1S/C12H22N2O5S/c1-8(2)6-10(11(15)16)14-12(17)13-9-4-3-5-20(18,19)7-9/h8-10H,3-7H2,1-2H3,(H,15,16)(H2,13,14,17)/t9?,10-/m0/s1. The highest BCUT2D eigenvalue weighted by atomic mass is 32.2. The third-order valence-electron chi connectivity index (χ3n) is 3.11. The molecule has 2 amide bonds. The van der Waals surface area contributed by atoms with Crippen LogP contribution in [-0.4, -0.2) is 49.1 Å². The van der Waals surface area contributed by atoms with Gasteiger partial charge in [0.05, 0.1) is 11.5 Å². The Morgan fingerprint density at radius 2 is 2.00 bits per heavy atom. The molecule has 8 heteroatoms. The zero-order valence-electron chi connectivity index (χ0n) is 11.8. The van der Waals surface area contributed by atoms with Crippen molar-refractivity contribution in [2.75, 3.05) is 11.5 Å². The molecule has 116 valence electrons. The monoisotopic (exact) mass is 306 g/mol. The second-order valence-electron chi connectivity index (χ2n) is 5.59. The zero-order valence-corrected chi connectivity index (χ0v) is 12.6. The predicted molar refractivity (Wildman–Crippen MR) is 74.2 cm³/mol. The molecule has 1 rings (SSSR count). The number of carboxylic acid groups (broad SMARTS) is 1. The molecule has 20 heavy (non-hydrogen) atoms. The second-order valence-corrected chi connectivity index (χ2v) is 7.82. The molecule has 1 fully saturated rings. The molecular weight excluding hydrogens is 284 g/mol. The minimum absolute atomic E-state index is 0.0810. The van der Waals surface area contributed by atoms with Crippen LogP contribution in [0, 0.1) is 5.92 Å². The Morgan fingerprint density at radius 3 is 2.50 bits per heavy atom. The summed E-state index contributed by atoms with van der Waals surface area (Å²) in [7, 11) is -3.10. The molecule has 0 aromatic carbocycles. The molecule has 0 aliphatic carbocycles. The van der Waals surface area contributed by atoms with Gasteiger partial charge in [-0.25, -0.2) is 18.0 Å². The lowest BCUT2D eigenvalue weighted by Gasteiger charge is -2.24. The minimum Gasteiger partial charge on any atom is -0.480 e. The van der Waals surface area contributed by atoms with Crippen molar-refractivity contribution >= 4 is 21.8 Å². The smallest absolute Gasteiger partial charge is 0.326 e. The van der Waals surface area contributed by atoms with Gasteiger partial charge in [0.25, 0.3) is 0 Å². The van der Waals surface area contributed by atoms with Gasteiger partial charge >= 0.3 is 12.0 Å². The molecular formula is C12H22N2O5S. The summed E-state index contributed by atoms with van der Waals surface area (Å²) < 4.78 is 22.9. The van der Waals surface area contributed by atoms with Gasteiger partial charge in [-0.1, -0.05) is 13.8 Å². The molecule has 0 radical (unpaired) electrons. The zero-order chi connectivity index (χ0) is 15.3. The molecule has 3 N–H and O–H groups in total. The van der Waals surface area contributed by atoms with Crippen molar-refractivity contribution in [1.29, 1.82) is 0 Å². The van der Waals surface area contributed by atoms with E-state index in [1.807, 2.05) is 13.8 Å². The van der Waals surface area contributed by atoms with E-state index in [1.54, 1.807) is 0 Å². The average molecular weight is 306 g/mol. The number of carboxylic acids is 1. The van der Waals surface area contributed by atoms with Crippen molar-refractivity contribution < 1.29 is 23.1 Å². The van der Waals surface area contributed by atoms with Crippen LogP contribution >= 0.6 is 0 Å². The third-order valence-corrected chi connectivity index (χ3v) is 4.93. The van der Waals surface area contributed by atoms with E-state index in [9.17, 15) is 18.0 Å². The lowest BCUT2D eigenvalue weighted by atomic mass is 10.0. The van der Waals surface area contributed by atoms with Crippen molar-refractivity contribution in [3.63, 3.8) is 0 Å². The van der Waals surface area contributed by atoms with Gasteiger partial charge in [0.15, 0.2) is 9.84 Å². The number of hydrogen-bond acceptors (Lipinski definition) is 4. The summed E-state index contributed by atoms with van der Waals surface area (Å²) in [6.07, 6.45) is 1.43. The van der Waals surface area contributed by atoms with Gasteiger partial charge in [-0.2, -0.15) is 0 Å². The molecule has 0 aromatic rings. The first kappa shape index (κ1) is 16.7. The number of sulfone groups is 1. The van der Waals surface area contributed by atoms with Crippen molar-refractivity contribution in [3.8, 4) is 0 Å². The van der Waals surface area contributed by atoms with Gasteiger partial charge in [0.2, 0.25) is 0 Å². The first-order chi connectivity index (χ1) is 9.19. The molecule has 0 saturated carbocycles. The fraction of sp³-hybridized carbons (Fsp3) is 0.833. The van der Waals surface area contributed by atoms with E-state index < -0.39 is 33.9 Å². The van der Waals surface area contributed by atoms with Crippen LogP contribution in [0.15, 0.2) is 0 Å². The highest BCUT2D eigenvalue weighted by Gasteiger charge is 2.27. The molecule has 0 spiro atoms. The number of nitrogens with one attached hydrogen (secondary N) is 2. The lowest BCUT2D eigenvalue weighted by molar-refractivity contribution is -0.139. The van der Waals surface area contributed by atoms with Crippen LogP contribution in [0.5, 0.6) is 0 Å². The summed E-state index contributed by atoms with van der Waals surface area (Å²) in [4.78, 5) is 22.8. The summed E-state index contributed by atoms with van der Waals surface area (Å²) in [6.45, 7) is 3.73. The van der Waals surface area contributed by atoms with Crippen LogP contribution in [0.3, 0.4) is 0 Å². The summed E-state index contributed by atoms with van der Waals surface area (Å²) in [5.74, 6) is -0.892. The fourth-order valence-electron chi connectivity index (χ4n) is 2.21.